The monoisotopic (exact) mass is 334 g/mol. The zero-order valence-corrected chi connectivity index (χ0v) is 12.5. The molecule has 0 unspecified atom stereocenters. The largest absolute Gasteiger partial charge is 0.488 e. The summed E-state index contributed by atoms with van der Waals surface area (Å²) in [7, 11) is 0. The lowest BCUT2D eigenvalue weighted by atomic mass is 10.2. The van der Waals surface area contributed by atoms with Gasteiger partial charge in [-0.1, -0.05) is 52.3 Å². The lowest BCUT2D eigenvalue weighted by Crippen LogP contribution is -2.04. The highest BCUT2D eigenvalue weighted by Gasteiger charge is 2.24. The molecular weight excluding hydrogens is 320 g/mol. The fraction of sp³-hybridized carbons (Fsp3) is 0.250. The van der Waals surface area contributed by atoms with Gasteiger partial charge in [0.15, 0.2) is 6.29 Å². The second kappa shape index (κ2) is 6.39. The van der Waals surface area contributed by atoms with Gasteiger partial charge in [0.2, 0.25) is 0 Å². The molecule has 0 aliphatic carbocycles. The molecule has 104 valence electrons. The van der Waals surface area contributed by atoms with E-state index in [-0.39, 0.29) is 6.29 Å². The Labute approximate surface area is 126 Å². The Morgan fingerprint density at radius 1 is 1.00 bits per heavy atom. The maximum atomic E-state index is 5.93. The van der Waals surface area contributed by atoms with Crippen LogP contribution in [0.4, 0.5) is 0 Å². The van der Waals surface area contributed by atoms with Gasteiger partial charge in [-0.05, 0) is 17.7 Å². The van der Waals surface area contributed by atoms with E-state index in [0.717, 1.165) is 21.3 Å². The molecule has 1 heterocycles. The average molecular weight is 335 g/mol. The number of benzene rings is 2. The van der Waals surface area contributed by atoms with E-state index in [9.17, 15) is 0 Å². The van der Waals surface area contributed by atoms with Gasteiger partial charge in [0, 0.05) is 4.47 Å². The Bertz CT molecular complexity index is 565. The first-order valence-corrected chi connectivity index (χ1v) is 7.32. The molecule has 0 amide bonds. The second-order valence-electron chi connectivity index (χ2n) is 4.50. The van der Waals surface area contributed by atoms with E-state index in [1.807, 2.05) is 48.5 Å². The first kappa shape index (κ1) is 13.6. The molecule has 1 aliphatic rings. The number of halogens is 1. The van der Waals surface area contributed by atoms with Crippen LogP contribution in [0.3, 0.4) is 0 Å². The summed E-state index contributed by atoms with van der Waals surface area (Å²) < 4.78 is 18.0. The quantitative estimate of drug-likeness (QED) is 0.843. The minimum absolute atomic E-state index is 0.351. The predicted octanol–water partition coefficient (Wildman–Crippen LogP) is 4.07. The maximum Gasteiger partial charge on any atom is 0.188 e. The standard InChI is InChI=1S/C16H15BrO3/c17-13-7-4-8-14(15(13)16-18-9-10-19-16)20-11-12-5-2-1-3-6-12/h1-8,16H,9-11H2. The Morgan fingerprint density at radius 3 is 2.50 bits per heavy atom. The molecule has 2 aromatic rings. The molecule has 2 aromatic carbocycles. The molecule has 0 atom stereocenters. The van der Waals surface area contributed by atoms with Crippen LogP contribution in [0.2, 0.25) is 0 Å². The van der Waals surface area contributed by atoms with Gasteiger partial charge < -0.3 is 14.2 Å². The van der Waals surface area contributed by atoms with E-state index < -0.39 is 0 Å². The van der Waals surface area contributed by atoms with Gasteiger partial charge in [-0.2, -0.15) is 0 Å². The number of rotatable bonds is 4. The SMILES string of the molecule is Brc1cccc(OCc2ccccc2)c1C1OCCO1. The van der Waals surface area contributed by atoms with Crippen LogP contribution in [0, 0.1) is 0 Å². The van der Waals surface area contributed by atoms with Crippen molar-refractivity contribution in [3.8, 4) is 5.75 Å². The minimum Gasteiger partial charge on any atom is -0.488 e. The first-order chi connectivity index (χ1) is 9.84. The van der Waals surface area contributed by atoms with Crippen LogP contribution >= 0.6 is 15.9 Å². The van der Waals surface area contributed by atoms with Crippen molar-refractivity contribution in [1.29, 1.82) is 0 Å². The van der Waals surface area contributed by atoms with Crippen molar-refractivity contribution < 1.29 is 14.2 Å². The molecule has 0 spiro atoms. The summed E-state index contributed by atoms with van der Waals surface area (Å²) in [6, 6.07) is 15.9. The number of ether oxygens (including phenoxy) is 3. The van der Waals surface area contributed by atoms with E-state index >= 15 is 0 Å². The van der Waals surface area contributed by atoms with Crippen molar-refractivity contribution in [3.05, 3.63) is 64.1 Å². The third-order valence-electron chi connectivity index (χ3n) is 3.11. The van der Waals surface area contributed by atoms with Gasteiger partial charge >= 0.3 is 0 Å². The molecule has 0 N–H and O–H groups in total. The zero-order valence-electron chi connectivity index (χ0n) is 10.9. The normalized spacial score (nSPS) is 15.4. The van der Waals surface area contributed by atoms with E-state index in [4.69, 9.17) is 14.2 Å². The van der Waals surface area contributed by atoms with Crippen molar-refractivity contribution >= 4 is 15.9 Å². The highest BCUT2D eigenvalue weighted by atomic mass is 79.9. The van der Waals surface area contributed by atoms with Gasteiger partial charge in [0.25, 0.3) is 0 Å². The molecule has 1 fully saturated rings. The molecule has 4 heteroatoms. The fourth-order valence-electron chi connectivity index (χ4n) is 2.13. The predicted molar refractivity (Wildman–Crippen MR) is 79.6 cm³/mol. The first-order valence-electron chi connectivity index (χ1n) is 6.53. The summed E-state index contributed by atoms with van der Waals surface area (Å²) in [5.74, 6) is 0.787. The van der Waals surface area contributed by atoms with Crippen LogP contribution in [0.1, 0.15) is 17.4 Å². The van der Waals surface area contributed by atoms with Crippen molar-refractivity contribution in [3.63, 3.8) is 0 Å². The van der Waals surface area contributed by atoms with E-state index in [1.165, 1.54) is 0 Å². The molecule has 1 saturated heterocycles. The molecule has 0 bridgehead atoms. The number of hydrogen-bond acceptors (Lipinski definition) is 3. The highest BCUT2D eigenvalue weighted by molar-refractivity contribution is 9.10. The van der Waals surface area contributed by atoms with Crippen LogP contribution in [0.5, 0.6) is 5.75 Å². The lowest BCUT2D eigenvalue weighted by Gasteiger charge is -2.17. The fourth-order valence-corrected chi connectivity index (χ4v) is 2.67. The Hall–Kier alpha value is -1.36. The van der Waals surface area contributed by atoms with Gasteiger partial charge in [-0.3, -0.25) is 0 Å². The summed E-state index contributed by atoms with van der Waals surface area (Å²) in [5, 5.41) is 0. The molecule has 3 nitrogen and oxygen atoms in total. The zero-order chi connectivity index (χ0) is 13.8. The molecule has 20 heavy (non-hydrogen) atoms. The van der Waals surface area contributed by atoms with Crippen molar-refractivity contribution in [2.24, 2.45) is 0 Å². The van der Waals surface area contributed by atoms with Crippen LogP contribution in [0.15, 0.2) is 53.0 Å². The van der Waals surface area contributed by atoms with Crippen LogP contribution in [0.25, 0.3) is 0 Å². The average Bonchev–Trinajstić information content (AvgIpc) is 3.00. The summed E-state index contributed by atoms with van der Waals surface area (Å²) in [6.07, 6.45) is -0.351. The third kappa shape index (κ3) is 3.03. The van der Waals surface area contributed by atoms with Crippen LogP contribution < -0.4 is 4.74 Å². The minimum atomic E-state index is -0.351. The smallest absolute Gasteiger partial charge is 0.188 e. The Morgan fingerprint density at radius 2 is 1.75 bits per heavy atom. The van der Waals surface area contributed by atoms with Gasteiger partial charge in [0.1, 0.15) is 12.4 Å². The van der Waals surface area contributed by atoms with Gasteiger partial charge in [-0.15, -0.1) is 0 Å². The second-order valence-corrected chi connectivity index (χ2v) is 5.35. The maximum absolute atomic E-state index is 5.93. The molecular formula is C16H15BrO3. The van der Waals surface area contributed by atoms with E-state index in [0.29, 0.717) is 19.8 Å². The Kier molecular flexibility index (Phi) is 4.35. The van der Waals surface area contributed by atoms with Crippen LogP contribution in [-0.4, -0.2) is 13.2 Å². The molecule has 3 rings (SSSR count). The molecule has 0 saturated carbocycles. The van der Waals surface area contributed by atoms with Crippen molar-refractivity contribution in [1.82, 2.24) is 0 Å². The van der Waals surface area contributed by atoms with Crippen molar-refractivity contribution in [2.75, 3.05) is 13.2 Å². The van der Waals surface area contributed by atoms with Crippen LogP contribution in [-0.2, 0) is 16.1 Å². The van der Waals surface area contributed by atoms with Crippen molar-refractivity contribution in [2.45, 2.75) is 12.9 Å². The molecule has 0 radical (unpaired) electrons. The topological polar surface area (TPSA) is 27.7 Å². The summed E-state index contributed by atoms with van der Waals surface area (Å²) >= 11 is 3.54. The summed E-state index contributed by atoms with van der Waals surface area (Å²) in [6.45, 7) is 1.76. The highest BCUT2D eigenvalue weighted by Crippen LogP contribution is 2.37. The summed E-state index contributed by atoms with van der Waals surface area (Å²) in [5.41, 5.74) is 2.05. The lowest BCUT2D eigenvalue weighted by molar-refractivity contribution is -0.0464. The summed E-state index contributed by atoms with van der Waals surface area (Å²) in [4.78, 5) is 0. The number of hydrogen-bond donors (Lipinski definition) is 0. The van der Waals surface area contributed by atoms with Gasteiger partial charge in [-0.25, -0.2) is 0 Å². The Balaban J connectivity index is 1.80. The van der Waals surface area contributed by atoms with Gasteiger partial charge in [0.05, 0.1) is 18.8 Å². The molecule has 1 aliphatic heterocycles. The third-order valence-corrected chi connectivity index (χ3v) is 3.80. The van der Waals surface area contributed by atoms with E-state index in [2.05, 4.69) is 15.9 Å². The molecule has 0 aromatic heterocycles. The van der Waals surface area contributed by atoms with E-state index in [1.54, 1.807) is 0 Å².